The van der Waals surface area contributed by atoms with Gasteiger partial charge in [-0.1, -0.05) is 85.8 Å². The Morgan fingerprint density at radius 2 is 1.48 bits per heavy atom. The van der Waals surface area contributed by atoms with Gasteiger partial charge in [-0.25, -0.2) is 4.79 Å². The van der Waals surface area contributed by atoms with E-state index in [9.17, 15) is 9.59 Å². The minimum absolute atomic E-state index is 0.128. The molecular weight excluding hydrogens is 522 g/mol. The maximum atomic E-state index is 13.2. The Balaban J connectivity index is 1.20. The van der Waals surface area contributed by atoms with Crippen molar-refractivity contribution in [2.75, 3.05) is 37.0 Å². The Morgan fingerprint density at radius 1 is 0.857 bits per heavy atom. The normalized spacial score (nSPS) is 14.4. The van der Waals surface area contributed by atoms with Crippen LogP contribution in [0.1, 0.15) is 48.1 Å². The van der Waals surface area contributed by atoms with Crippen LogP contribution in [0.3, 0.4) is 0 Å². The molecule has 4 aromatic rings. The van der Waals surface area contributed by atoms with Crippen LogP contribution >= 0.6 is 0 Å². The quantitative estimate of drug-likeness (QED) is 0.208. The van der Waals surface area contributed by atoms with Gasteiger partial charge < -0.3 is 15.0 Å². The molecule has 6 heteroatoms. The van der Waals surface area contributed by atoms with Crippen molar-refractivity contribution in [3.05, 3.63) is 120 Å². The van der Waals surface area contributed by atoms with Crippen molar-refractivity contribution in [1.29, 1.82) is 0 Å². The predicted octanol–water partition coefficient (Wildman–Crippen LogP) is 7.20. The van der Waals surface area contributed by atoms with E-state index in [1.807, 2.05) is 111 Å². The monoisotopic (exact) mass is 561 g/mol. The second-order valence-electron chi connectivity index (χ2n) is 10.8. The van der Waals surface area contributed by atoms with Gasteiger partial charge in [-0.3, -0.25) is 9.69 Å². The molecule has 1 unspecified atom stereocenters. The number of carbonyl (C=O) groups excluding carboxylic acids is 2. The number of likely N-dealkylation sites (N-methyl/N-ethyl adjacent to an activating group) is 1. The molecule has 0 spiro atoms. The van der Waals surface area contributed by atoms with Crippen LogP contribution in [0.25, 0.3) is 11.1 Å². The lowest BCUT2D eigenvalue weighted by Crippen LogP contribution is -2.46. The standard InChI is InChI=1S/C36H39N3O3/c1-3-26-42-36(41)34(28-14-8-5-9-15-28)38(2)30-22-24-39(25-23-30)31-20-18-29(19-21-31)37-35(40)33-17-11-10-16-32(33)27-12-6-4-7-13-27/h4-21,30,34H,3,22-26H2,1-2H3,(H,37,40). The summed E-state index contributed by atoms with van der Waals surface area (Å²) >= 11 is 0. The molecule has 0 bridgehead atoms. The topological polar surface area (TPSA) is 61.9 Å². The molecule has 6 nitrogen and oxygen atoms in total. The number of ether oxygens (including phenoxy) is 1. The molecule has 1 amide bonds. The Kier molecular flexibility index (Phi) is 9.67. The lowest BCUT2D eigenvalue weighted by atomic mass is 9.98. The van der Waals surface area contributed by atoms with Gasteiger partial charge in [0, 0.05) is 36.1 Å². The Morgan fingerprint density at radius 3 is 2.14 bits per heavy atom. The number of esters is 1. The lowest BCUT2D eigenvalue weighted by Gasteiger charge is -2.40. The second-order valence-corrected chi connectivity index (χ2v) is 10.8. The molecule has 42 heavy (non-hydrogen) atoms. The first-order valence-electron chi connectivity index (χ1n) is 14.8. The number of carbonyl (C=O) groups is 2. The van der Waals surface area contributed by atoms with E-state index < -0.39 is 6.04 Å². The van der Waals surface area contributed by atoms with Gasteiger partial charge in [-0.15, -0.1) is 0 Å². The summed E-state index contributed by atoms with van der Waals surface area (Å²) in [5.41, 5.74) is 5.42. The van der Waals surface area contributed by atoms with Crippen molar-refractivity contribution in [3.63, 3.8) is 0 Å². The summed E-state index contributed by atoms with van der Waals surface area (Å²) in [5.74, 6) is -0.312. The molecule has 1 atom stereocenters. The fourth-order valence-electron chi connectivity index (χ4n) is 5.70. The minimum atomic E-state index is -0.413. The van der Waals surface area contributed by atoms with Crippen LogP contribution in [-0.4, -0.2) is 49.6 Å². The SMILES string of the molecule is CCCOC(=O)C(c1ccccc1)N(C)C1CCN(c2ccc(NC(=O)c3ccccc3-c3ccccc3)cc2)CC1. The molecule has 216 valence electrons. The average Bonchev–Trinajstić information content (AvgIpc) is 3.05. The van der Waals surface area contributed by atoms with Gasteiger partial charge in [0.15, 0.2) is 0 Å². The van der Waals surface area contributed by atoms with Gasteiger partial charge in [0.25, 0.3) is 5.91 Å². The lowest BCUT2D eigenvalue weighted by molar-refractivity contribution is -0.151. The van der Waals surface area contributed by atoms with Crippen LogP contribution in [0, 0.1) is 0 Å². The third kappa shape index (κ3) is 6.89. The molecule has 4 aromatic carbocycles. The van der Waals surface area contributed by atoms with Gasteiger partial charge in [0.2, 0.25) is 0 Å². The van der Waals surface area contributed by atoms with Crippen molar-refractivity contribution >= 4 is 23.3 Å². The number of anilines is 2. The molecule has 0 radical (unpaired) electrons. The summed E-state index contributed by atoms with van der Waals surface area (Å²) in [6.07, 6.45) is 2.68. The highest BCUT2D eigenvalue weighted by molar-refractivity contribution is 6.08. The number of nitrogens with one attached hydrogen (secondary N) is 1. The van der Waals surface area contributed by atoms with Crippen molar-refractivity contribution in [2.45, 2.75) is 38.3 Å². The van der Waals surface area contributed by atoms with Crippen LogP contribution < -0.4 is 10.2 Å². The van der Waals surface area contributed by atoms with Crippen LogP contribution in [-0.2, 0) is 9.53 Å². The van der Waals surface area contributed by atoms with Crippen LogP contribution in [0.5, 0.6) is 0 Å². The van der Waals surface area contributed by atoms with E-state index in [0.717, 1.165) is 60.4 Å². The molecule has 1 saturated heterocycles. The Hall–Kier alpha value is -4.42. The van der Waals surface area contributed by atoms with Crippen LogP contribution in [0.15, 0.2) is 109 Å². The number of benzene rings is 4. The number of amides is 1. The van der Waals surface area contributed by atoms with Gasteiger partial charge in [-0.05, 0) is 73.3 Å². The van der Waals surface area contributed by atoms with E-state index in [4.69, 9.17) is 4.74 Å². The number of piperidine rings is 1. The zero-order chi connectivity index (χ0) is 29.3. The third-order valence-electron chi connectivity index (χ3n) is 7.98. The van der Waals surface area contributed by atoms with E-state index in [0.29, 0.717) is 12.2 Å². The molecule has 1 aliphatic rings. The maximum absolute atomic E-state index is 13.2. The van der Waals surface area contributed by atoms with Crippen molar-refractivity contribution < 1.29 is 14.3 Å². The Labute approximate surface area is 248 Å². The molecular formula is C36H39N3O3. The van der Waals surface area contributed by atoms with Crippen molar-refractivity contribution in [2.24, 2.45) is 0 Å². The molecule has 5 rings (SSSR count). The molecule has 0 aromatic heterocycles. The van der Waals surface area contributed by atoms with E-state index >= 15 is 0 Å². The average molecular weight is 562 g/mol. The molecule has 0 aliphatic carbocycles. The predicted molar refractivity (Wildman–Crippen MR) is 170 cm³/mol. The smallest absolute Gasteiger partial charge is 0.328 e. The third-order valence-corrected chi connectivity index (χ3v) is 7.98. The van der Waals surface area contributed by atoms with Gasteiger partial charge in [-0.2, -0.15) is 0 Å². The van der Waals surface area contributed by atoms with Gasteiger partial charge in [0.05, 0.1) is 6.61 Å². The first-order chi connectivity index (χ1) is 20.5. The fourth-order valence-corrected chi connectivity index (χ4v) is 5.70. The molecule has 1 aliphatic heterocycles. The molecule has 1 fully saturated rings. The van der Waals surface area contributed by atoms with Gasteiger partial charge >= 0.3 is 5.97 Å². The second kappa shape index (κ2) is 14.0. The van der Waals surface area contributed by atoms with E-state index in [2.05, 4.69) is 27.2 Å². The zero-order valence-corrected chi connectivity index (χ0v) is 24.4. The minimum Gasteiger partial charge on any atom is -0.464 e. The van der Waals surface area contributed by atoms with E-state index in [-0.39, 0.29) is 17.9 Å². The highest BCUT2D eigenvalue weighted by Crippen LogP contribution is 2.30. The van der Waals surface area contributed by atoms with Crippen LogP contribution in [0.4, 0.5) is 11.4 Å². The van der Waals surface area contributed by atoms with Crippen LogP contribution in [0.2, 0.25) is 0 Å². The Bertz CT molecular complexity index is 1450. The van der Waals surface area contributed by atoms with E-state index in [1.54, 1.807) is 0 Å². The summed E-state index contributed by atoms with van der Waals surface area (Å²) in [6.45, 7) is 4.22. The van der Waals surface area contributed by atoms with E-state index in [1.165, 1.54) is 0 Å². The molecule has 1 N–H and O–H groups in total. The largest absolute Gasteiger partial charge is 0.464 e. The number of nitrogens with zero attached hydrogens (tertiary/aromatic N) is 2. The first-order valence-corrected chi connectivity index (χ1v) is 14.8. The number of hydrogen-bond acceptors (Lipinski definition) is 5. The summed E-state index contributed by atoms with van der Waals surface area (Å²) in [7, 11) is 2.04. The fraction of sp³-hybridized carbons (Fsp3) is 0.278. The highest BCUT2D eigenvalue weighted by atomic mass is 16.5. The number of hydrogen-bond donors (Lipinski definition) is 1. The summed E-state index contributed by atoms with van der Waals surface area (Å²) in [4.78, 5) is 30.8. The maximum Gasteiger partial charge on any atom is 0.328 e. The molecule has 0 saturated carbocycles. The summed E-state index contributed by atoms with van der Waals surface area (Å²) in [6, 6.07) is 35.5. The summed E-state index contributed by atoms with van der Waals surface area (Å²) in [5, 5.41) is 3.07. The van der Waals surface area contributed by atoms with Crippen molar-refractivity contribution in [3.8, 4) is 11.1 Å². The first kappa shape index (κ1) is 29.1. The molecule has 1 heterocycles. The van der Waals surface area contributed by atoms with Crippen molar-refractivity contribution in [1.82, 2.24) is 4.90 Å². The number of rotatable bonds is 10. The highest BCUT2D eigenvalue weighted by Gasteiger charge is 2.33. The zero-order valence-electron chi connectivity index (χ0n) is 24.4. The summed E-state index contributed by atoms with van der Waals surface area (Å²) < 4.78 is 5.59. The van der Waals surface area contributed by atoms with Gasteiger partial charge in [0.1, 0.15) is 6.04 Å².